The van der Waals surface area contributed by atoms with E-state index in [0.717, 1.165) is 30.0 Å². The predicted octanol–water partition coefficient (Wildman–Crippen LogP) is 4.63. The van der Waals surface area contributed by atoms with E-state index in [-0.39, 0.29) is 6.04 Å². The Hall–Kier alpha value is -3.41. The second-order valence-corrected chi connectivity index (χ2v) is 7.53. The molecule has 1 aliphatic heterocycles. The summed E-state index contributed by atoms with van der Waals surface area (Å²) in [6.07, 6.45) is 0. The van der Waals surface area contributed by atoms with E-state index >= 15 is 0 Å². The third kappa shape index (κ3) is 4.38. The zero-order valence-corrected chi connectivity index (χ0v) is 17.3. The SMILES string of the molecule is c1ccc(-c2nc(-c3ccccc3)nc(C(c3ccccc3)N3CCOCC3)n2)cc1. The first-order valence-corrected chi connectivity index (χ1v) is 10.6. The predicted molar refractivity (Wildman–Crippen MR) is 121 cm³/mol. The Kier molecular flexibility index (Phi) is 5.78. The van der Waals surface area contributed by atoms with Crippen LogP contribution in [0.1, 0.15) is 17.4 Å². The van der Waals surface area contributed by atoms with Crippen molar-refractivity contribution in [3.05, 3.63) is 102 Å². The van der Waals surface area contributed by atoms with Crippen LogP contribution in [0.15, 0.2) is 91.0 Å². The highest BCUT2D eigenvalue weighted by Gasteiger charge is 2.28. The number of rotatable bonds is 5. The Balaban J connectivity index is 1.68. The van der Waals surface area contributed by atoms with Crippen molar-refractivity contribution >= 4 is 0 Å². The minimum atomic E-state index is -0.0574. The van der Waals surface area contributed by atoms with Crippen LogP contribution in [-0.4, -0.2) is 46.2 Å². The summed E-state index contributed by atoms with van der Waals surface area (Å²) in [5.41, 5.74) is 3.14. The molecule has 1 unspecified atom stereocenters. The average molecular weight is 409 g/mol. The lowest BCUT2D eigenvalue weighted by Gasteiger charge is -2.34. The van der Waals surface area contributed by atoms with Crippen LogP contribution in [0.25, 0.3) is 22.8 Å². The van der Waals surface area contributed by atoms with Gasteiger partial charge in [-0.2, -0.15) is 0 Å². The zero-order chi connectivity index (χ0) is 20.9. The molecular weight excluding hydrogens is 384 g/mol. The van der Waals surface area contributed by atoms with Gasteiger partial charge in [0.25, 0.3) is 0 Å². The van der Waals surface area contributed by atoms with Gasteiger partial charge in [-0.1, -0.05) is 91.0 Å². The number of hydrogen-bond donors (Lipinski definition) is 0. The zero-order valence-electron chi connectivity index (χ0n) is 17.3. The van der Waals surface area contributed by atoms with Gasteiger partial charge in [0.05, 0.1) is 19.3 Å². The molecule has 5 rings (SSSR count). The van der Waals surface area contributed by atoms with Gasteiger partial charge < -0.3 is 4.74 Å². The van der Waals surface area contributed by atoms with E-state index < -0.39 is 0 Å². The molecule has 1 atom stereocenters. The summed E-state index contributed by atoms with van der Waals surface area (Å²) in [7, 11) is 0. The fraction of sp³-hybridized carbons (Fsp3) is 0.192. The topological polar surface area (TPSA) is 51.1 Å². The van der Waals surface area contributed by atoms with Gasteiger partial charge in [-0.05, 0) is 5.56 Å². The van der Waals surface area contributed by atoms with Gasteiger partial charge >= 0.3 is 0 Å². The molecule has 1 fully saturated rings. The third-order valence-electron chi connectivity index (χ3n) is 5.49. The number of morpholine rings is 1. The van der Waals surface area contributed by atoms with Crippen LogP contribution in [0.5, 0.6) is 0 Å². The maximum absolute atomic E-state index is 5.61. The molecule has 3 aromatic carbocycles. The largest absolute Gasteiger partial charge is 0.379 e. The molecule has 31 heavy (non-hydrogen) atoms. The molecule has 2 heterocycles. The van der Waals surface area contributed by atoms with Crippen molar-refractivity contribution in [1.29, 1.82) is 0 Å². The summed E-state index contributed by atoms with van der Waals surface area (Å²) in [5.74, 6) is 2.15. The molecule has 4 aromatic rings. The molecule has 0 amide bonds. The van der Waals surface area contributed by atoms with Crippen molar-refractivity contribution in [3.8, 4) is 22.8 Å². The molecule has 5 nitrogen and oxygen atoms in total. The van der Waals surface area contributed by atoms with E-state index in [1.807, 2.05) is 66.7 Å². The van der Waals surface area contributed by atoms with Crippen LogP contribution in [0, 0.1) is 0 Å². The van der Waals surface area contributed by atoms with E-state index in [1.54, 1.807) is 0 Å². The molecule has 1 aromatic heterocycles. The summed E-state index contributed by atoms with van der Waals surface area (Å²) < 4.78 is 5.61. The van der Waals surface area contributed by atoms with Crippen molar-refractivity contribution in [2.24, 2.45) is 0 Å². The first kappa shape index (κ1) is 19.5. The van der Waals surface area contributed by atoms with E-state index in [4.69, 9.17) is 19.7 Å². The Morgan fingerprint density at radius 2 is 1.10 bits per heavy atom. The second-order valence-electron chi connectivity index (χ2n) is 7.53. The lowest BCUT2D eigenvalue weighted by molar-refractivity contribution is 0.0224. The van der Waals surface area contributed by atoms with E-state index in [2.05, 4.69) is 29.2 Å². The first-order valence-electron chi connectivity index (χ1n) is 10.6. The molecular formula is C26H24N4O. The molecule has 5 heteroatoms. The molecule has 0 N–H and O–H groups in total. The van der Waals surface area contributed by atoms with Gasteiger partial charge in [0.1, 0.15) is 0 Å². The van der Waals surface area contributed by atoms with Crippen LogP contribution in [-0.2, 0) is 4.74 Å². The fourth-order valence-corrected chi connectivity index (χ4v) is 3.94. The van der Waals surface area contributed by atoms with Crippen LogP contribution < -0.4 is 0 Å². The van der Waals surface area contributed by atoms with E-state index in [1.165, 1.54) is 5.56 Å². The molecule has 0 aliphatic carbocycles. The molecule has 0 radical (unpaired) electrons. The second kappa shape index (κ2) is 9.16. The van der Waals surface area contributed by atoms with Crippen molar-refractivity contribution in [3.63, 3.8) is 0 Å². The van der Waals surface area contributed by atoms with Crippen molar-refractivity contribution < 1.29 is 4.74 Å². The number of hydrogen-bond acceptors (Lipinski definition) is 5. The Morgan fingerprint density at radius 1 is 0.613 bits per heavy atom. The minimum Gasteiger partial charge on any atom is -0.379 e. The monoisotopic (exact) mass is 408 g/mol. The smallest absolute Gasteiger partial charge is 0.163 e. The van der Waals surface area contributed by atoms with Gasteiger partial charge in [-0.3, -0.25) is 4.90 Å². The summed E-state index contributed by atoms with van der Waals surface area (Å²) in [6.45, 7) is 3.11. The lowest BCUT2D eigenvalue weighted by Crippen LogP contribution is -2.40. The standard InChI is InChI=1S/C26H24N4O/c1-4-10-20(11-5-1)23(30-16-18-31-19-17-30)26-28-24(21-12-6-2-7-13-21)27-25(29-26)22-14-8-3-9-15-22/h1-15,23H,16-19H2. The molecule has 1 saturated heterocycles. The summed E-state index contributed by atoms with van der Waals surface area (Å²) in [4.78, 5) is 17.2. The van der Waals surface area contributed by atoms with Crippen LogP contribution in [0.3, 0.4) is 0 Å². The molecule has 0 saturated carbocycles. The van der Waals surface area contributed by atoms with Crippen molar-refractivity contribution in [2.75, 3.05) is 26.3 Å². The molecule has 1 aliphatic rings. The molecule has 0 bridgehead atoms. The van der Waals surface area contributed by atoms with Crippen LogP contribution >= 0.6 is 0 Å². The number of benzene rings is 3. The van der Waals surface area contributed by atoms with Crippen LogP contribution in [0.4, 0.5) is 0 Å². The summed E-state index contributed by atoms with van der Waals surface area (Å²) in [5, 5.41) is 0. The molecule has 154 valence electrons. The van der Waals surface area contributed by atoms with Gasteiger partial charge in [-0.15, -0.1) is 0 Å². The van der Waals surface area contributed by atoms with Crippen molar-refractivity contribution in [1.82, 2.24) is 19.9 Å². The third-order valence-corrected chi connectivity index (χ3v) is 5.49. The highest BCUT2D eigenvalue weighted by molar-refractivity contribution is 5.61. The Labute approximate surface area is 182 Å². The van der Waals surface area contributed by atoms with Gasteiger partial charge in [0.2, 0.25) is 0 Å². The Morgan fingerprint density at radius 3 is 1.61 bits per heavy atom. The normalized spacial score (nSPS) is 15.5. The summed E-state index contributed by atoms with van der Waals surface area (Å²) in [6, 6.07) is 30.6. The summed E-state index contributed by atoms with van der Waals surface area (Å²) >= 11 is 0. The van der Waals surface area contributed by atoms with E-state index in [9.17, 15) is 0 Å². The molecule has 0 spiro atoms. The first-order chi connectivity index (χ1) is 15.4. The quantitative estimate of drug-likeness (QED) is 0.482. The highest BCUT2D eigenvalue weighted by Crippen LogP contribution is 2.30. The number of ether oxygens (including phenoxy) is 1. The Bertz CT molecular complexity index is 1060. The van der Waals surface area contributed by atoms with Gasteiger partial charge in [0, 0.05) is 24.2 Å². The number of aromatic nitrogens is 3. The lowest BCUT2D eigenvalue weighted by atomic mass is 10.0. The maximum Gasteiger partial charge on any atom is 0.163 e. The van der Waals surface area contributed by atoms with Crippen LogP contribution in [0.2, 0.25) is 0 Å². The van der Waals surface area contributed by atoms with Gasteiger partial charge in [-0.25, -0.2) is 15.0 Å². The van der Waals surface area contributed by atoms with E-state index in [0.29, 0.717) is 24.9 Å². The average Bonchev–Trinajstić information content (AvgIpc) is 2.86. The van der Waals surface area contributed by atoms with Crippen molar-refractivity contribution in [2.45, 2.75) is 6.04 Å². The minimum absolute atomic E-state index is 0.0574. The maximum atomic E-state index is 5.61. The highest BCUT2D eigenvalue weighted by atomic mass is 16.5. The fourth-order valence-electron chi connectivity index (χ4n) is 3.94. The number of nitrogens with zero attached hydrogens (tertiary/aromatic N) is 4. The van der Waals surface area contributed by atoms with Gasteiger partial charge in [0.15, 0.2) is 17.5 Å².